The molecule has 21 heavy (non-hydrogen) atoms. The molecule has 2 aromatic carbocycles. The molecule has 110 valence electrons. The highest BCUT2D eigenvalue weighted by atomic mass is 16.5. The summed E-state index contributed by atoms with van der Waals surface area (Å²) in [5, 5.41) is 3.36. The van der Waals surface area contributed by atoms with E-state index in [1.807, 2.05) is 69.3 Å². The van der Waals surface area contributed by atoms with Crippen LogP contribution in [0, 0.1) is 13.8 Å². The molecule has 0 radical (unpaired) electrons. The zero-order chi connectivity index (χ0) is 15.5. The fourth-order valence-corrected chi connectivity index (χ4v) is 2.55. The summed E-state index contributed by atoms with van der Waals surface area (Å²) in [6.07, 6.45) is 0. The number of para-hydroxylation sites is 1. The molecule has 0 amide bonds. The van der Waals surface area contributed by atoms with E-state index in [-0.39, 0.29) is 5.97 Å². The quantitative estimate of drug-likeness (QED) is 0.867. The largest absolute Gasteiger partial charge is 0.467 e. The van der Waals surface area contributed by atoms with Crippen LogP contribution in [-0.2, 0) is 15.1 Å². The topological polar surface area (TPSA) is 38.3 Å². The Balaban J connectivity index is 2.51. The van der Waals surface area contributed by atoms with E-state index < -0.39 is 5.54 Å². The van der Waals surface area contributed by atoms with Gasteiger partial charge in [0.05, 0.1) is 7.11 Å². The van der Waals surface area contributed by atoms with Crippen LogP contribution in [0.1, 0.15) is 23.6 Å². The molecule has 0 aliphatic rings. The van der Waals surface area contributed by atoms with Gasteiger partial charge in [0.1, 0.15) is 0 Å². The summed E-state index contributed by atoms with van der Waals surface area (Å²) in [6, 6.07) is 15.8. The first-order valence-corrected chi connectivity index (χ1v) is 6.97. The Labute approximate surface area is 126 Å². The molecule has 3 nitrogen and oxygen atoms in total. The number of nitrogens with one attached hydrogen (secondary N) is 1. The molecular formula is C18H21NO2. The van der Waals surface area contributed by atoms with E-state index in [1.165, 1.54) is 7.11 Å². The van der Waals surface area contributed by atoms with Gasteiger partial charge in [0.2, 0.25) is 0 Å². The van der Waals surface area contributed by atoms with E-state index in [4.69, 9.17) is 4.74 Å². The summed E-state index contributed by atoms with van der Waals surface area (Å²) in [5.41, 5.74) is 3.05. The van der Waals surface area contributed by atoms with E-state index in [0.29, 0.717) is 0 Å². The van der Waals surface area contributed by atoms with E-state index in [2.05, 4.69) is 5.32 Å². The van der Waals surface area contributed by atoms with E-state index in [1.54, 1.807) is 0 Å². The third-order valence-corrected chi connectivity index (χ3v) is 3.81. The van der Waals surface area contributed by atoms with Gasteiger partial charge in [-0.05, 0) is 43.5 Å². The third kappa shape index (κ3) is 2.92. The van der Waals surface area contributed by atoms with Gasteiger partial charge in [-0.2, -0.15) is 0 Å². The van der Waals surface area contributed by atoms with Crippen LogP contribution in [0.15, 0.2) is 48.5 Å². The predicted molar refractivity (Wildman–Crippen MR) is 85.3 cm³/mol. The Morgan fingerprint density at radius 3 is 2.14 bits per heavy atom. The van der Waals surface area contributed by atoms with Crippen LogP contribution in [0.25, 0.3) is 0 Å². The lowest BCUT2D eigenvalue weighted by molar-refractivity contribution is -0.145. The lowest BCUT2D eigenvalue weighted by Gasteiger charge is -2.31. The van der Waals surface area contributed by atoms with Crippen LogP contribution >= 0.6 is 0 Å². The number of hydrogen-bond donors (Lipinski definition) is 1. The smallest absolute Gasteiger partial charge is 0.335 e. The monoisotopic (exact) mass is 283 g/mol. The Morgan fingerprint density at radius 1 is 1.00 bits per heavy atom. The third-order valence-electron chi connectivity index (χ3n) is 3.81. The molecule has 0 heterocycles. The molecule has 1 unspecified atom stereocenters. The lowest BCUT2D eigenvalue weighted by atomic mass is 9.88. The minimum absolute atomic E-state index is 0.306. The van der Waals surface area contributed by atoms with Gasteiger partial charge in [0, 0.05) is 5.69 Å². The van der Waals surface area contributed by atoms with Gasteiger partial charge < -0.3 is 10.1 Å². The van der Waals surface area contributed by atoms with Crippen molar-refractivity contribution < 1.29 is 9.53 Å². The maximum absolute atomic E-state index is 12.4. The number of esters is 1. The number of anilines is 1. The summed E-state index contributed by atoms with van der Waals surface area (Å²) >= 11 is 0. The molecule has 1 N–H and O–H groups in total. The van der Waals surface area contributed by atoms with Crippen molar-refractivity contribution in [1.82, 2.24) is 0 Å². The van der Waals surface area contributed by atoms with E-state index >= 15 is 0 Å². The van der Waals surface area contributed by atoms with Gasteiger partial charge in [-0.15, -0.1) is 0 Å². The Bertz CT molecular complexity index is 651. The molecule has 0 spiro atoms. The van der Waals surface area contributed by atoms with Gasteiger partial charge >= 0.3 is 5.97 Å². The normalized spacial score (nSPS) is 13.3. The number of hydrogen-bond acceptors (Lipinski definition) is 3. The summed E-state index contributed by atoms with van der Waals surface area (Å²) < 4.78 is 5.04. The van der Waals surface area contributed by atoms with Crippen molar-refractivity contribution in [2.75, 3.05) is 12.4 Å². The first-order valence-electron chi connectivity index (χ1n) is 6.97. The second-order valence-electron chi connectivity index (χ2n) is 5.37. The first kappa shape index (κ1) is 15.1. The Morgan fingerprint density at radius 2 is 1.57 bits per heavy atom. The Hall–Kier alpha value is -2.29. The molecule has 0 aromatic heterocycles. The molecule has 0 saturated heterocycles. The van der Waals surface area contributed by atoms with Crippen LogP contribution in [-0.4, -0.2) is 13.1 Å². The van der Waals surface area contributed by atoms with Crippen molar-refractivity contribution in [3.8, 4) is 0 Å². The molecule has 0 aliphatic heterocycles. The fourth-order valence-electron chi connectivity index (χ4n) is 2.55. The highest BCUT2D eigenvalue weighted by Gasteiger charge is 2.37. The van der Waals surface area contributed by atoms with Crippen LogP contribution in [0.4, 0.5) is 5.69 Å². The number of rotatable bonds is 4. The van der Waals surface area contributed by atoms with Crippen molar-refractivity contribution in [3.63, 3.8) is 0 Å². The molecule has 1 atom stereocenters. The maximum atomic E-state index is 12.4. The molecule has 3 heteroatoms. The number of carbonyl (C=O) groups excluding carboxylic acids is 1. The van der Waals surface area contributed by atoms with Gasteiger partial charge in [-0.3, -0.25) is 0 Å². The summed E-state index contributed by atoms with van der Waals surface area (Å²) in [4.78, 5) is 12.4. The average molecular weight is 283 g/mol. The van der Waals surface area contributed by atoms with Gasteiger partial charge in [0.25, 0.3) is 0 Å². The second kappa shape index (κ2) is 6.00. The highest BCUT2D eigenvalue weighted by Crippen LogP contribution is 2.31. The number of benzene rings is 2. The zero-order valence-corrected chi connectivity index (χ0v) is 12.9. The number of methoxy groups -OCH3 is 1. The maximum Gasteiger partial charge on any atom is 0.335 e. The number of aryl methyl sites for hydroxylation is 2. The lowest BCUT2D eigenvalue weighted by Crippen LogP contribution is -2.42. The molecule has 2 aromatic rings. The van der Waals surface area contributed by atoms with Gasteiger partial charge in [-0.1, -0.05) is 42.5 Å². The van der Waals surface area contributed by atoms with E-state index in [0.717, 1.165) is 22.4 Å². The SMILES string of the molecule is COC(=O)C(C)(Nc1ccccc1C)c1ccccc1C. The molecule has 0 fully saturated rings. The van der Waals surface area contributed by atoms with Crippen LogP contribution in [0.2, 0.25) is 0 Å². The summed E-state index contributed by atoms with van der Waals surface area (Å²) in [6.45, 7) is 5.86. The first-order chi connectivity index (χ1) is 9.99. The predicted octanol–water partition coefficient (Wildman–Crippen LogP) is 3.80. The standard InChI is InChI=1S/C18H21NO2/c1-13-9-5-7-11-15(13)18(3,17(20)21-4)19-16-12-8-6-10-14(16)2/h5-12,19H,1-4H3. The van der Waals surface area contributed by atoms with Crippen LogP contribution < -0.4 is 5.32 Å². The second-order valence-corrected chi connectivity index (χ2v) is 5.37. The van der Waals surface area contributed by atoms with Crippen molar-refractivity contribution >= 4 is 11.7 Å². The average Bonchev–Trinajstić information content (AvgIpc) is 2.49. The molecule has 0 bridgehead atoms. The molecule has 0 aliphatic carbocycles. The zero-order valence-electron chi connectivity index (χ0n) is 12.9. The minimum atomic E-state index is -0.924. The Kier molecular flexibility index (Phi) is 4.32. The van der Waals surface area contributed by atoms with Gasteiger partial charge in [-0.25, -0.2) is 4.79 Å². The number of carbonyl (C=O) groups is 1. The van der Waals surface area contributed by atoms with Crippen LogP contribution in [0.5, 0.6) is 0 Å². The van der Waals surface area contributed by atoms with Crippen LogP contribution in [0.3, 0.4) is 0 Å². The molecule has 2 rings (SSSR count). The summed E-state index contributed by atoms with van der Waals surface area (Å²) in [5.74, 6) is -0.306. The minimum Gasteiger partial charge on any atom is -0.467 e. The van der Waals surface area contributed by atoms with Crippen molar-refractivity contribution in [2.24, 2.45) is 0 Å². The van der Waals surface area contributed by atoms with Crippen molar-refractivity contribution in [3.05, 3.63) is 65.2 Å². The fraction of sp³-hybridized carbons (Fsp3) is 0.278. The van der Waals surface area contributed by atoms with Gasteiger partial charge in [0.15, 0.2) is 5.54 Å². The van der Waals surface area contributed by atoms with E-state index in [9.17, 15) is 4.79 Å². The molecule has 0 saturated carbocycles. The molecular weight excluding hydrogens is 262 g/mol. The highest BCUT2D eigenvalue weighted by molar-refractivity contribution is 5.86. The summed E-state index contributed by atoms with van der Waals surface area (Å²) in [7, 11) is 1.42. The van der Waals surface area contributed by atoms with Crippen molar-refractivity contribution in [2.45, 2.75) is 26.3 Å². The number of ether oxygens (including phenoxy) is 1. The van der Waals surface area contributed by atoms with Crippen molar-refractivity contribution in [1.29, 1.82) is 0 Å².